The highest BCUT2D eigenvalue weighted by molar-refractivity contribution is 5.92. The van der Waals surface area contributed by atoms with Crippen LogP contribution in [0.25, 0.3) is 0 Å². The van der Waals surface area contributed by atoms with Gasteiger partial charge in [-0.2, -0.15) is 0 Å². The Labute approximate surface area is 98.1 Å². The van der Waals surface area contributed by atoms with Crippen LogP contribution in [0.1, 0.15) is 10.5 Å². The van der Waals surface area contributed by atoms with Gasteiger partial charge in [0.2, 0.25) is 5.91 Å². The number of rotatable bonds is 6. The Kier molecular flexibility index (Phi) is 4.89. The van der Waals surface area contributed by atoms with Crippen molar-refractivity contribution in [1.29, 1.82) is 0 Å². The highest BCUT2D eigenvalue weighted by atomic mass is 16.5. The van der Waals surface area contributed by atoms with Gasteiger partial charge in [-0.25, -0.2) is 4.98 Å². The van der Waals surface area contributed by atoms with Crippen molar-refractivity contribution in [3.8, 4) is 0 Å². The van der Waals surface area contributed by atoms with E-state index >= 15 is 0 Å². The lowest BCUT2D eigenvalue weighted by Gasteiger charge is -2.04. The minimum absolute atomic E-state index is 0.157. The molecular weight excluding hydrogens is 224 g/mol. The average molecular weight is 238 g/mol. The van der Waals surface area contributed by atoms with Gasteiger partial charge < -0.3 is 21.5 Å². The number of pyridine rings is 1. The van der Waals surface area contributed by atoms with E-state index in [1.165, 1.54) is 12.3 Å². The van der Waals surface area contributed by atoms with Gasteiger partial charge in [0.25, 0.3) is 5.91 Å². The number of anilines is 1. The first-order valence-corrected chi connectivity index (χ1v) is 4.95. The third kappa shape index (κ3) is 4.94. The first kappa shape index (κ1) is 12.9. The third-order valence-electron chi connectivity index (χ3n) is 1.80. The first-order valence-electron chi connectivity index (χ1n) is 4.95. The molecule has 5 N–H and O–H groups in total. The largest absolute Gasteiger partial charge is 0.397 e. The standard InChI is InChI=1S/C10H14N4O3/c11-7-1-2-8(14-5-7)10(16)13-3-4-17-6-9(12)15/h1-2,5H,3-4,6,11H2,(H2,12,15)(H,13,16). The molecule has 1 heterocycles. The molecule has 1 rings (SSSR count). The molecule has 0 radical (unpaired) electrons. The number of nitrogens with two attached hydrogens (primary N) is 2. The lowest BCUT2D eigenvalue weighted by Crippen LogP contribution is -2.29. The van der Waals surface area contributed by atoms with E-state index in [9.17, 15) is 9.59 Å². The zero-order valence-corrected chi connectivity index (χ0v) is 9.18. The van der Waals surface area contributed by atoms with Crippen molar-refractivity contribution in [3.05, 3.63) is 24.0 Å². The molecule has 0 aliphatic rings. The summed E-state index contributed by atoms with van der Waals surface area (Å²) in [6.45, 7) is 0.331. The SMILES string of the molecule is NC(=O)COCCNC(=O)c1ccc(N)cn1. The van der Waals surface area contributed by atoms with E-state index in [0.29, 0.717) is 5.69 Å². The summed E-state index contributed by atoms with van der Waals surface area (Å²) in [5, 5.41) is 2.57. The fourth-order valence-electron chi connectivity index (χ4n) is 1.04. The van der Waals surface area contributed by atoms with Crippen LogP contribution in [0.5, 0.6) is 0 Å². The molecule has 1 aromatic rings. The minimum Gasteiger partial charge on any atom is -0.397 e. The van der Waals surface area contributed by atoms with Gasteiger partial charge in [-0.1, -0.05) is 0 Å². The monoisotopic (exact) mass is 238 g/mol. The molecule has 0 aliphatic carbocycles. The van der Waals surface area contributed by atoms with Crippen molar-refractivity contribution in [2.24, 2.45) is 5.73 Å². The molecule has 1 aromatic heterocycles. The maximum atomic E-state index is 11.5. The molecule has 0 aliphatic heterocycles. The van der Waals surface area contributed by atoms with E-state index in [1.807, 2.05) is 0 Å². The maximum absolute atomic E-state index is 11.5. The van der Waals surface area contributed by atoms with Gasteiger partial charge in [-0.3, -0.25) is 9.59 Å². The normalized spacial score (nSPS) is 9.88. The molecule has 7 nitrogen and oxygen atoms in total. The number of aromatic nitrogens is 1. The lowest BCUT2D eigenvalue weighted by molar-refractivity contribution is -0.122. The Bertz CT molecular complexity index is 391. The van der Waals surface area contributed by atoms with Crippen LogP contribution < -0.4 is 16.8 Å². The number of nitrogen functional groups attached to an aromatic ring is 1. The molecular formula is C10H14N4O3. The van der Waals surface area contributed by atoms with Crippen LogP contribution in [-0.2, 0) is 9.53 Å². The summed E-state index contributed by atoms with van der Waals surface area (Å²) < 4.78 is 4.87. The zero-order valence-electron chi connectivity index (χ0n) is 9.18. The molecule has 7 heteroatoms. The van der Waals surface area contributed by atoms with Gasteiger partial charge in [0, 0.05) is 6.54 Å². The second-order valence-corrected chi connectivity index (χ2v) is 3.25. The predicted octanol–water partition coefficient (Wildman–Crippen LogP) is -1.10. The van der Waals surface area contributed by atoms with Crippen molar-refractivity contribution in [3.63, 3.8) is 0 Å². The average Bonchev–Trinajstić information content (AvgIpc) is 2.29. The van der Waals surface area contributed by atoms with Crippen LogP contribution in [0.3, 0.4) is 0 Å². The Balaban J connectivity index is 2.25. The van der Waals surface area contributed by atoms with Gasteiger partial charge in [-0.05, 0) is 12.1 Å². The van der Waals surface area contributed by atoms with E-state index in [1.54, 1.807) is 6.07 Å². The summed E-state index contributed by atoms with van der Waals surface area (Å²) in [7, 11) is 0. The minimum atomic E-state index is -0.545. The van der Waals surface area contributed by atoms with Crippen molar-refractivity contribution in [1.82, 2.24) is 10.3 Å². The Morgan fingerprint density at radius 2 is 2.18 bits per heavy atom. The van der Waals surface area contributed by atoms with E-state index in [0.717, 1.165) is 0 Å². The molecule has 0 bridgehead atoms. The summed E-state index contributed by atoms with van der Waals surface area (Å²) in [6.07, 6.45) is 1.40. The Morgan fingerprint density at radius 3 is 2.76 bits per heavy atom. The number of nitrogens with one attached hydrogen (secondary N) is 1. The predicted molar refractivity (Wildman–Crippen MR) is 61.0 cm³/mol. The second-order valence-electron chi connectivity index (χ2n) is 3.25. The zero-order chi connectivity index (χ0) is 12.7. The summed E-state index contributed by atoms with van der Waals surface area (Å²) in [5.74, 6) is -0.871. The van der Waals surface area contributed by atoms with E-state index < -0.39 is 5.91 Å². The second kappa shape index (κ2) is 6.44. The Morgan fingerprint density at radius 1 is 1.41 bits per heavy atom. The van der Waals surface area contributed by atoms with Crippen molar-refractivity contribution in [2.75, 3.05) is 25.5 Å². The molecule has 0 fully saturated rings. The third-order valence-corrected chi connectivity index (χ3v) is 1.80. The molecule has 2 amide bonds. The fourth-order valence-corrected chi connectivity index (χ4v) is 1.04. The van der Waals surface area contributed by atoms with Crippen molar-refractivity contribution in [2.45, 2.75) is 0 Å². The van der Waals surface area contributed by atoms with Gasteiger partial charge >= 0.3 is 0 Å². The number of amides is 2. The number of ether oxygens (including phenoxy) is 1. The molecule has 0 saturated carbocycles. The summed E-state index contributed by atoms with van der Waals surface area (Å²) in [5.41, 5.74) is 11.1. The highest BCUT2D eigenvalue weighted by Gasteiger charge is 2.05. The molecule has 0 aromatic carbocycles. The van der Waals surface area contributed by atoms with Gasteiger partial charge in [-0.15, -0.1) is 0 Å². The van der Waals surface area contributed by atoms with Crippen molar-refractivity contribution < 1.29 is 14.3 Å². The van der Waals surface area contributed by atoms with Gasteiger partial charge in [0.15, 0.2) is 0 Å². The summed E-state index contributed by atoms with van der Waals surface area (Å²) in [4.78, 5) is 25.7. The highest BCUT2D eigenvalue weighted by Crippen LogP contribution is 2.00. The van der Waals surface area contributed by atoms with Crippen LogP contribution in [0.2, 0.25) is 0 Å². The smallest absolute Gasteiger partial charge is 0.269 e. The maximum Gasteiger partial charge on any atom is 0.269 e. The lowest BCUT2D eigenvalue weighted by atomic mass is 10.3. The fraction of sp³-hybridized carbons (Fsp3) is 0.300. The summed E-state index contributed by atoms with van der Waals surface area (Å²) >= 11 is 0. The molecule has 0 saturated heterocycles. The number of primary amides is 1. The number of carbonyl (C=O) groups is 2. The van der Waals surface area contributed by atoms with E-state index in [-0.39, 0.29) is 31.4 Å². The summed E-state index contributed by atoms with van der Waals surface area (Å²) in [6, 6.07) is 3.11. The molecule has 92 valence electrons. The number of carbonyl (C=O) groups excluding carboxylic acids is 2. The van der Waals surface area contributed by atoms with Gasteiger partial charge in [0.1, 0.15) is 12.3 Å². The molecule has 0 unspecified atom stereocenters. The van der Waals surface area contributed by atoms with Crippen molar-refractivity contribution >= 4 is 17.5 Å². The first-order chi connectivity index (χ1) is 8.09. The number of hydrogen-bond acceptors (Lipinski definition) is 5. The Hall–Kier alpha value is -2.15. The quantitative estimate of drug-likeness (QED) is 0.543. The molecule has 17 heavy (non-hydrogen) atoms. The van der Waals surface area contributed by atoms with Gasteiger partial charge in [0.05, 0.1) is 18.5 Å². The van der Waals surface area contributed by atoms with Crippen LogP contribution in [-0.4, -0.2) is 36.6 Å². The van der Waals surface area contributed by atoms with Crippen LogP contribution in [0.4, 0.5) is 5.69 Å². The topological polar surface area (TPSA) is 120 Å². The van der Waals surface area contributed by atoms with E-state index in [4.69, 9.17) is 16.2 Å². The van der Waals surface area contributed by atoms with Crippen LogP contribution in [0.15, 0.2) is 18.3 Å². The van der Waals surface area contributed by atoms with E-state index in [2.05, 4.69) is 10.3 Å². The van der Waals surface area contributed by atoms with Crippen LogP contribution in [0, 0.1) is 0 Å². The molecule has 0 spiro atoms. The molecule has 0 atom stereocenters. The number of hydrogen-bond donors (Lipinski definition) is 3. The number of nitrogens with zero attached hydrogens (tertiary/aromatic N) is 1. The van der Waals surface area contributed by atoms with Crippen LogP contribution >= 0.6 is 0 Å².